The molecule has 0 aliphatic rings. The quantitative estimate of drug-likeness (QED) is 0.146. The van der Waals surface area contributed by atoms with E-state index in [1.54, 1.807) is 0 Å². The summed E-state index contributed by atoms with van der Waals surface area (Å²) in [6.45, 7) is 5.86. The molecule has 0 saturated heterocycles. The van der Waals surface area contributed by atoms with E-state index in [0.29, 0.717) is 13.2 Å². The third kappa shape index (κ3) is 39.4. The van der Waals surface area contributed by atoms with Crippen LogP contribution in [0.4, 0.5) is 0 Å². The Balaban J connectivity index is -0.000000451. The molecule has 7 heteroatoms. The molecule has 4 nitrogen and oxygen atoms in total. The van der Waals surface area contributed by atoms with Gasteiger partial charge >= 0.3 is 29.6 Å². The van der Waals surface area contributed by atoms with Crippen LogP contribution in [-0.4, -0.2) is 53.1 Å². The fraction of sp³-hybridized carbons (Fsp3) is 0.909. The molecule has 0 radical (unpaired) electrons. The normalized spacial score (nSPS) is 9.72. The van der Waals surface area contributed by atoms with Crippen molar-refractivity contribution in [3.05, 3.63) is 0 Å². The van der Waals surface area contributed by atoms with Crippen molar-refractivity contribution < 1.29 is 9.47 Å². The second-order valence-corrected chi connectivity index (χ2v) is 8.09. The Kier molecular flexibility index (Phi) is 35.8. The van der Waals surface area contributed by atoms with Gasteiger partial charge < -0.3 is 20.9 Å². The first kappa shape index (κ1) is 34.0. The minimum absolute atomic E-state index is 0. The summed E-state index contributed by atoms with van der Waals surface area (Å²) in [7, 11) is 0. The Morgan fingerprint density at radius 2 is 0.759 bits per heavy atom. The summed E-state index contributed by atoms with van der Waals surface area (Å²) in [4.78, 5) is 0. The van der Waals surface area contributed by atoms with Gasteiger partial charge in [-0.05, 0) is 37.3 Å². The Labute approximate surface area is 213 Å². The SMILES string of the molecule is CCCCCCCCCCOC(N)=S.CCCCCCCCCCOC(N)=S.[NaH]. The first-order valence-electron chi connectivity index (χ1n) is 11.4. The van der Waals surface area contributed by atoms with Crippen LogP contribution in [-0.2, 0) is 9.47 Å². The molecule has 0 bridgehead atoms. The number of hydrogen-bond acceptors (Lipinski definition) is 4. The van der Waals surface area contributed by atoms with Gasteiger partial charge in [0.2, 0.25) is 0 Å². The molecule has 0 fully saturated rings. The maximum atomic E-state index is 5.20. The molecule has 4 N–H and O–H groups in total. The molecule has 0 aromatic rings. The molecule has 0 rings (SSSR count). The number of ether oxygens (including phenoxy) is 2. The summed E-state index contributed by atoms with van der Waals surface area (Å²) in [6.07, 6.45) is 20.9. The van der Waals surface area contributed by atoms with Crippen LogP contribution in [0, 0.1) is 0 Å². The standard InChI is InChI=1S/2C11H23NOS.Na.H/c2*1-2-3-4-5-6-7-8-9-10-13-11(12)14;;/h2*2-10H2,1H3,(H2,12,14);;. The molecule has 0 aliphatic carbocycles. The van der Waals surface area contributed by atoms with E-state index in [1.165, 1.54) is 89.9 Å². The van der Waals surface area contributed by atoms with Crippen molar-refractivity contribution in [2.45, 2.75) is 117 Å². The molecule has 0 amide bonds. The zero-order valence-corrected chi connectivity index (χ0v) is 20.1. The number of hydrogen-bond donors (Lipinski definition) is 2. The van der Waals surface area contributed by atoms with Gasteiger partial charge in [-0.3, -0.25) is 0 Å². The van der Waals surface area contributed by atoms with Gasteiger partial charge in [0.25, 0.3) is 10.3 Å². The molecule has 0 spiro atoms. The van der Waals surface area contributed by atoms with Crippen LogP contribution >= 0.6 is 24.4 Å². The third-order valence-corrected chi connectivity index (χ3v) is 4.72. The van der Waals surface area contributed by atoms with Crippen LogP contribution in [0.25, 0.3) is 0 Å². The molecule has 29 heavy (non-hydrogen) atoms. The molecular formula is C22H47N2NaO2S2. The Morgan fingerprint density at radius 1 is 0.517 bits per heavy atom. The summed E-state index contributed by atoms with van der Waals surface area (Å²) in [6, 6.07) is 0. The van der Waals surface area contributed by atoms with Crippen molar-refractivity contribution in [3.63, 3.8) is 0 Å². The molecule has 0 atom stereocenters. The Hall–Kier alpha value is 0.380. The average Bonchev–Trinajstić information content (AvgIpc) is 2.65. The summed E-state index contributed by atoms with van der Waals surface area (Å²) in [5, 5.41) is 0.348. The summed E-state index contributed by atoms with van der Waals surface area (Å²) in [5.74, 6) is 0. The van der Waals surface area contributed by atoms with Gasteiger partial charge in [0, 0.05) is 0 Å². The van der Waals surface area contributed by atoms with E-state index in [-0.39, 0.29) is 39.9 Å². The van der Waals surface area contributed by atoms with E-state index in [2.05, 4.69) is 38.3 Å². The van der Waals surface area contributed by atoms with Gasteiger partial charge in [-0.1, -0.05) is 104 Å². The van der Waals surface area contributed by atoms with Crippen LogP contribution in [0.3, 0.4) is 0 Å². The van der Waals surface area contributed by atoms with Gasteiger partial charge in [0.15, 0.2) is 0 Å². The number of rotatable bonds is 18. The molecule has 0 aliphatic heterocycles. The maximum absolute atomic E-state index is 5.20. The second-order valence-electron chi connectivity index (χ2n) is 7.28. The fourth-order valence-electron chi connectivity index (χ4n) is 2.82. The van der Waals surface area contributed by atoms with E-state index < -0.39 is 0 Å². The summed E-state index contributed by atoms with van der Waals surface area (Å²) < 4.78 is 9.99. The van der Waals surface area contributed by atoms with Gasteiger partial charge in [-0.2, -0.15) is 0 Å². The van der Waals surface area contributed by atoms with Crippen LogP contribution in [0.2, 0.25) is 0 Å². The molecule has 0 aromatic carbocycles. The zero-order valence-electron chi connectivity index (χ0n) is 18.5. The predicted octanol–water partition coefficient (Wildman–Crippen LogP) is 6.13. The van der Waals surface area contributed by atoms with Crippen LogP contribution < -0.4 is 11.5 Å². The van der Waals surface area contributed by atoms with Crippen LogP contribution in [0.1, 0.15) is 117 Å². The van der Waals surface area contributed by atoms with E-state index in [0.717, 1.165) is 12.8 Å². The molecule has 0 saturated carbocycles. The van der Waals surface area contributed by atoms with Crippen molar-refractivity contribution in [2.75, 3.05) is 13.2 Å². The van der Waals surface area contributed by atoms with E-state index >= 15 is 0 Å². The first-order chi connectivity index (χ1) is 13.5. The fourth-order valence-corrected chi connectivity index (χ4v) is 2.98. The van der Waals surface area contributed by atoms with Gasteiger partial charge in [0.1, 0.15) is 0 Å². The molecular weight excluding hydrogens is 411 g/mol. The van der Waals surface area contributed by atoms with E-state index in [4.69, 9.17) is 20.9 Å². The van der Waals surface area contributed by atoms with E-state index in [1.807, 2.05) is 0 Å². The van der Waals surface area contributed by atoms with Crippen molar-refractivity contribution in [1.82, 2.24) is 0 Å². The molecule has 0 unspecified atom stereocenters. The van der Waals surface area contributed by atoms with Gasteiger partial charge in [0.05, 0.1) is 13.2 Å². The molecule has 170 valence electrons. The topological polar surface area (TPSA) is 70.5 Å². The zero-order chi connectivity index (χ0) is 21.3. The predicted molar refractivity (Wildman–Crippen MR) is 138 cm³/mol. The minimum atomic E-state index is 0. The molecule has 0 aromatic heterocycles. The summed E-state index contributed by atoms with van der Waals surface area (Å²) in [5.41, 5.74) is 10.4. The van der Waals surface area contributed by atoms with Crippen molar-refractivity contribution in [1.29, 1.82) is 0 Å². The number of nitrogens with two attached hydrogens (primary N) is 2. The Bertz CT molecular complexity index is 317. The van der Waals surface area contributed by atoms with Crippen LogP contribution in [0.15, 0.2) is 0 Å². The number of thiocarbonyl (C=S) groups is 2. The monoisotopic (exact) mass is 458 g/mol. The van der Waals surface area contributed by atoms with Gasteiger partial charge in [-0.15, -0.1) is 0 Å². The first-order valence-corrected chi connectivity index (χ1v) is 12.2. The second kappa shape index (κ2) is 30.6. The van der Waals surface area contributed by atoms with Crippen LogP contribution in [0.5, 0.6) is 0 Å². The van der Waals surface area contributed by atoms with Crippen molar-refractivity contribution >= 4 is 64.3 Å². The summed E-state index contributed by atoms with van der Waals surface area (Å²) >= 11 is 9.20. The van der Waals surface area contributed by atoms with Crippen molar-refractivity contribution in [2.24, 2.45) is 11.5 Å². The third-order valence-electron chi connectivity index (χ3n) is 4.48. The average molecular weight is 459 g/mol. The van der Waals surface area contributed by atoms with Crippen molar-refractivity contribution in [3.8, 4) is 0 Å². The molecule has 0 heterocycles. The van der Waals surface area contributed by atoms with Gasteiger partial charge in [-0.25, -0.2) is 0 Å². The number of unbranched alkanes of at least 4 members (excludes halogenated alkanes) is 14. The van der Waals surface area contributed by atoms with E-state index in [9.17, 15) is 0 Å². The Morgan fingerprint density at radius 3 is 1.00 bits per heavy atom.